The Morgan fingerprint density at radius 3 is 2.81 bits per heavy atom. The van der Waals surface area contributed by atoms with Crippen molar-refractivity contribution in [2.24, 2.45) is 5.92 Å². The predicted molar refractivity (Wildman–Crippen MR) is 111 cm³/mol. The lowest BCUT2D eigenvalue weighted by Crippen LogP contribution is -2.37. The third-order valence-corrected chi connectivity index (χ3v) is 5.68. The zero-order chi connectivity index (χ0) is 22.9. The van der Waals surface area contributed by atoms with E-state index in [2.05, 4.69) is 19.8 Å². The van der Waals surface area contributed by atoms with Gasteiger partial charge in [-0.1, -0.05) is 0 Å². The Labute approximate surface area is 182 Å². The van der Waals surface area contributed by atoms with Gasteiger partial charge in [0.1, 0.15) is 5.82 Å². The number of alkyl halides is 3. The Morgan fingerprint density at radius 2 is 2.06 bits per heavy atom. The summed E-state index contributed by atoms with van der Waals surface area (Å²) in [5.41, 5.74) is 0.285. The summed E-state index contributed by atoms with van der Waals surface area (Å²) in [5, 5.41) is 3.71. The molecule has 3 aromatic rings. The number of aromatic nitrogens is 4. The lowest BCUT2D eigenvalue weighted by Gasteiger charge is -2.25. The van der Waals surface area contributed by atoms with E-state index in [1.54, 1.807) is 18.3 Å². The largest absolute Gasteiger partial charge is 0.435 e. The van der Waals surface area contributed by atoms with E-state index < -0.39 is 21.9 Å². The van der Waals surface area contributed by atoms with Crippen LogP contribution in [-0.2, 0) is 20.9 Å². The number of nitrogens with zero attached hydrogens (tertiary/aromatic N) is 5. The standard InChI is InChI=1S/C19H21F3N6O3S/c1-32(29,30)25-9-13-11-27(6-7-31-12-13)18-8-14(4-5-23-18)15-10-24-17-3-2-16(19(20,21)22)26-28(15)17/h2-5,8,10,13,25H,6-7,9,11-12H2,1H3. The van der Waals surface area contributed by atoms with Crippen molar-refractivity contribution in [2.45, 2.75) is 6.18 Å². The van der Waals surface area contributed by atoms with E-state index >= 15 is 0 Å². The zero-order valence-electron chi connectivity index (χ0n) is 17.1. The first kappa shape index (κ1) is 22.4. The maximum Gasteiger partial charge on any atom is 0.435 e. The summed E-state index contributed by atoms with van der Waals surface area (Å²) in [5.74, 6) is 0.503. The van der Waals surface area contributed by atoms with E-state index in [4.69, 9.17) is 4.74 Å². The highest BCUT2D eigenvalue weighted by Crippen LogP contribution is 2.29. The number of anilines is 1. The molecule has 172 valence electrons. The maximum absolute atomic E-state index is 13.1. The molecule has 0 spiro atoms. The molecule has 0 bridgehead atoms. The Hall–Kier alpha value is -2.77. The minimum Gasteiger partial charge on any atom is -0.379 e. The number of ether oxygens (including phenoxy) is 1. The molecule has 1 aliphatic rings. The summed E-state index contributed by atoms with van der Waals surface area (Å²) in [6.07, 6.45) is -0.444. The van der Waals surface area contributed by atoms with Gasteiger partial charge in [-0.15, -0.1) is 0 Å². The van der Waals surface area contributed by atoms with E-state index in [1.807, 2.05) is 4.90 Å². The normalized spacial score (nSPS) is 18.1. The van der Waals surface area contributed by atoms with E-state index in [9.17, 15) is 21.6 Å². The summed E-state index contributed by atoms with van der Waals surface area (Å²) < 4.78 is 71.4. The highest BCUT2D eigenvalue weighted by Gasteiger charge is 2.33. The Balaban J connectivity index is 1.62. The fourth-order valence-corrected chi connectivity index (χ4v) is 3.99. The van der Waals surface area contributed by atoms with Gasteiger partial charge in [-0.05, 0) is 24.3 Å². The smallest absolute Gasteiger partial charge is 0.379 e. The molecular weight excluding hydrogens is 449 g/mol. The molecule has 0 amide bonds. The van der Waals surface area contributed by atoms with Gasteiger partial charge < -0.3 is 9.64 Å². The monoisotopic (exact) mass is 470 g/mol. The van der Waals surface area contributed by atoms with Crippen LogP contribution in [0.4, 0.5) is 19.0 Å². The second-order valence-electron chi connectivity index (χ2n) is 7.54. The highest BCUT2D eigenvalue weighted by atomic mass is 32.2. The zero-order valence-corrected chi connectivity index (χ0v) is 17.9. The summed E-state index contributed by atoms with van der Waals surface area (Å²) in [4.78, 5) is 10.5. The van der Waals surface area contributed by atoms with E-state index in [0.29, 0.717) is 49.0 Å². The van der Waals surface area contributed by atoms with Crippen molar-refractivity contribution < 1.29 is 26.3 Å². The van der Waals surface area contributed by atoms with Crippen LogP contribution in [0.15, 0.2) is 36.7 Å². The Bertz CT molecular complexity index is 1210. The Kier molecular flexibility index (Phi) is 6.05. The van der Waals surface area contributed by atoms with Gasteiger partial charge in [0.05, 0.1) is 31.4 Å². The fraction of sp³-hybridized carbons (Fsp3) is 0.421. The third-order valence-electron chi connectivity index (χ3n) is 4.99. The van der Waals surface area contributed by atoms with Crippen LogP contribution >= 0.6 is 0 Å². The number of pyridine rings is 1. The molecule has 9 nitrogen and oxygen atoms in total. The average Bonchev–Trinajstić information content (AvgIpc) is 3.00. The molecular formula is C19H21F3N6O3S. The molecule has 0 aromatic carbocycles. The van der Waals surface area contributed by atoms with Crippen molar-refractivity contribution in [3.8, 4) is 11.3 Å². The molecule has 4 heterocycles. The fourth-order valence-electron chi connectivity index (χ4n) is 3.45. The molecule has 13 heteroatoms. The summed E-state index contributed by atoms with van der Waals surface area (Å²) in [6.45, 7) is 2.11. The molecule has 0 radical (unpaired) electrons. The molecule has 1 saturated heterocycles. The molecule has 3 aromatic heterocycles. The first-order valence-electron chi connectivity index (χ1n) is 9.76. The maximum atomic E-state index is 13.1. The molecule has 0 saturated carbocycles. The van der Waals surface area contributed by atoms with Gasteiger partial charge in [0.25, 0.3) is 0 Å². The second-order valence-corrected chi connectivity index (χ2v) is 9.37. The lowest BCUT2D eigenvalue weighted by atomic mass is 10.1. The van der Waals surface area contributed by atoms with Gasteiger partial charge in [-0.3, -0.25) is 0 Å². The number of halogens is 3. The summed E-state index contributed by atoms with van der Waals surface area (Å²) >= 11 is 0. The van der Waals surface area contributed by atoms with Crippen LogP contribution in [0.1, 0.15) is 5.69 Å². The van der Waals surface area contributed by atoms with Crippen molar-refractivity contribution in [3.63, 3.8) is 0 Å². The number of rotatable bonds is 5. The summed E-state index contributed by atoms with van der Waals surface area (Å²) in [6, 6.07) is 5.59. The van der Waals surface area contributed by atoms with Crippen LogP contribution < -0.4 is 9.62 Å². The topological polar surface area (TPSA) is 102 Å². The van der Waals surface area contributed by atoms with Gasteiger partial charge in [-0.25, -0.2) is 27.6 Å². The molecule has 0 aliphatic carbocycles. The minimum atomic E-state index is -4.57. The van der Waals surface area contributed by atoms with Crippen LogP contribution in [0.5, 0.6) is 0 Å². The molecule has 1 unspecified atom stereocenters. The van der Waals surface area contributed by atoms with Gasteiger partial charge in [0.15, 0.2) is 11.3 Å². The van der Waals surface area contributed by atoms with E-state index in [0.717, 1.165) is 16.8 Å². The minimum absolute atomic E-state index is 0.0931. The number of hydrogen-bond donors (Lipinski definition) is 1. The third kappa shape index (κ3) is 5.16. The van der Waals surface area contributed by atoms with Crippen molar-refractivity contribution in [1.82, 2.24) is 24.3 Å². The molecule has 32 heavy (non-hydrogen) atoms. The highest BCUT2D eigenvalue weighted by molar-refractivity contribution is 7.88. The number of nitrogens with one attached hydrogen (secondary N) is 1. The van der Waals surface area contributed by atoms with Crippen molar-refractivity contribution in [1.29, 1.82) is 0 Å². The quantitative estimate of drug-likeness (QED) is 0.607. The van der Waals surface area contributed by atoms with E-state index in [1.165, 1.54) is 12.3 Å². The first-order chi connectivity index (χ1) is 15.1. The number of hydrogen-bond acceptors (Lipinski definition) is 7. The van der Waals surface area contributed by atoms with Gasteiger partial charge in [0, 0.05) is 37.3 Å². The van der Waals surface area contributed by atoms with Gasteiger partial charge in [0.2, 0.25) is 10.0 Å². The summed E-state index contributed by atoms with van der Waals surface area (Å²) in [7, 11) is -3.33. The lowest BCUT2D eigenvalue weighted by molar-refractivity contribution is -0.141. The van der Waals surface area contributed by atoms with Crippen LogP contribution in [0.3, 0.4) is 0 Å². The van der Waals surface area contributed by atoms with Gasteiger partial charge in [-0.2, -0.15) is 18.3 Å². The van der Waals surface area contributed by atoms with E-state index in [-0.39, 0.29) is 12.5 Å². The van der Waals surface area contributed by atoms with Gasteiger partial charge >= 0.3 is 6.18 Å². The average molecular weight is 470 g/mol. The number of imidazole rings is 1. The predicted octanol–water partition coefficient (Wildman–Crippen LogP) is 1.81. The molecule has 1 aliphatic heterocycles. The molecule has 1 fully saturated rings. The van der Waals surface area contributed by atoms with Crippen molar-refractivity contribution in [2.75, 3.05) is 44.0 Å². The van der Waals surface area contributed by atoms with Crippen LogP contribution in [0.2, 0.25) is 0 Å². The van der Waals surface area contributed by atoms with Crippen molar-refractivity contribution in [3.05, 3.63) is 42.4 Å². The van der Waals surface area contributed by atoms with Crippen LogP contribution in [0.25, 0.3) is 16.9 Å². The molecule has 4 rings (SSSR count). The van der Waals surface area contributed by atoms with Crippen LogP contribution in [-0.4, -0.2) is 67.1 Å². The Morgan fingerprint density at radius 1 is 1.25 bits per heavy atom. The second kappa shape index (κ2) is 8.64. The first-order valence-corrected chi connectivity index (χ1v) is 11.6. The number of fused-ring (bicyclic) bond motifs is 1. The van der Waals surface area contributed by atoms with Crippen molar-refractivity contribution >= 4 is 21.5 Å². The number of sulfonamides is 1. The SMILES string of the molecule is CS(=O)(=O)NCC1COCCN(c2cc(-c3cnc4ccc(C(F)(F)F)nn34)ccn2)C1. The molecule has 1 N–H and O–H groups in total. The molecule has 1 atom stereocenters. The van der Waals surface area contributed by atoms with Crippen LogP contribution in [0, 0.1) is 5.92 Å².